The minimum atomic E-state index is -4.07. The Kier molecular flexibility index (Phi) is 7.54. The van der Waals surface area contributed by atoms with Crippen LogP contribution in [0.2, 0.25) is 5.02 Å². The highest BCUT2D eigenvalue weighted by Gasteiger charge is 2.46. The fourth-order valence-corrected chi connectivity index (χ4v) is 6.48. The summed E-state index contributed by atoms with van der Waals surface area (Å²) in [4.78, 5) is 17.8. The van der Waals surface area contributed by atoms with Gasteiger partial charge in [0.25, 0.3) is 0 Å². The highest BCUT2D eigenvalue weighted by atomic mass is 35.5. The second-order valence-electron chi connectivity index (χ2n) is 9.36. The van der Waals surface area contributed by atoms with Gasteiger partial charge in [0.05, 0.1) is 16.1 Å². The van der Waals surface area contributed by atoms with Gasteiger partial charge in [-0.1, -0.05) is 17.7 Å². The van der Waals surface area contributed by atoms with E-state index in [2.05, 4.69) is 20.5 Å². The number of rotatable bonds is 8. The van der Waals surface area contributed by atoms with Gasteiger partial charge in [0.15, 0.2) is 21.5 Å². The molecule has 3 N–H and O–H groups in total. The first-order chi connectivity index (χ1) is 17.4. The number of aromatic nitrogens is 3. The van der Waals surface area contributed by atoms with E-state index in [0.29, 0.717) is 11.6 Å². The van der Waals surface area contributed by atoms with Crippen LogP contribution in [0.3, 0.4) is 0 Å². The molecule has 3 aromatic rings. The van der Waals surface area contributed by atoms with Crippen LogP contribution in [0, 0.1) is 24.0 Å². The number of nitrogens with one attached hydrogen (secondary N) is 2. The molecule has 9 nitrogen and oxygen atoms in total. The van der Waals surface area contributed by atoms with Gasteiger partial charge in [-0.15, -0.1) is 0 Å². The number of hydrogen-bond acceptors (Lipinski definition) is 7. The van der Waals surface area contributed by atoms with Crippen LogP contribution in [0.15, 0.2) is 41.3 Å². The normalized spacial score (nSPS) is 20.6. The van der Waals surface area contributed by atoms with Gasteiger partial charge < -0.3 is 10.4 Å². The van der Waals surface area contributed by atoms with Crippen LogP contribution in [0.4, 0.5) is 20.4 Å². The van der Waals surface area contributed by atoms with Crippen molar-refractivity contribution in [1.29, 1.82) is 0 Å². The van der Waals surface area contributed by atoms with Crippen molar-refractivity contribution in [3.8, 4) is 0 Å². The maximum absolute atomic E-state index is 14.7. The fraction of sp³-hybridized carbons (Fsp3) is 0.375. The maximum Gasteiger partial charge on any atom is 0.310 e. The number of carboxylic acid groups (broad SMARTS) is 1. The molecule has 2 atom stereocenters. The largest absolute Gasteiger partial charge is 0.481 e. The van der Waals surface area contributed by atoms with E-state index in [9.17, 15) is 27.1 Å². The van der Waals surface area contributed by atoms with Gasteiger partial charge >= 0.3 is 5.97 Å². The van der Waals surface area contributed by atoms with Crippen LogP contribution in [-0.2, 0) is 21.1 Å². The minimum absolute atomic E-state index is 0.0195. The molecule has 0 saturated carbocycles. The molecule has 0 amide bonds. The molecule has 1 aliphatic heterocycles. The molecular formula is C24H26ClF2N5O4S. The molecular weight excluding hydrogens is 528 g/mol. The first kappa shape index (κ1) is 27.0. The van der Waals surface area contributed by atoms with E-state index < -0.39 is 49.7 Å². The van der Waals surface area contributed by atoms with E-state index in [4.69, 9.17) is 11.6 Å². The number of aromatic amines is 1. The van der Waals surface area contributed by atoms with Crippen molar-refractivity contribution < 1.29 is 27.1 Å². The second kappa shape index (κ2) is 10.3. The number of nitrogens with zero attached hydrogens (tertiary/aromatic N) is 3. The lowest BCUT2D eigenvalue weighted by Gasteiger charge is -2.43. The van der Waals surface area contributed by atoms with E-state index in [-0.39, 0.29) is 36.5 Å². The van der Waals surface area contributed by atoms with E-state index >= 15 is 0 Å². The topological polar surface area (TPSA) is 128 Å². The monoisotopic (exact) mass is 553 g/mol. The fourth-order valence-electron chi connectivity index (χ4n) is 4.62. The Bertz CT molecular complexity index is 1430. The standard InChI is InChI=1S/C24H26ClF2N5O4S/c1-14-10-21(31-30-14)29-20-7-6-17(26)18(28-20)12-24(23(33)34)8-9-32(15(2)11-24)13-37(35,36)19-5-3-4-16(25)22(19)27/h3-7,10,15H,8-9,11-13H2,1-2H3,(H,33,34)(H2,28,29,30,31)/t15-,24-/m1/s1. The summed E-state index contributed by atoms with van der Waals surface area (Å²) in [5, 5.41) is 19.6. The molecule has 0 spiro atoms. The van der Waals surface area contributed by atoms with Gasteiger partial charge in [0.2, 0.25) is 0 Å². The number of pyridine rings is 1. The van der Waals surface area contributed by atoms with Crippen molar-refractivity contribution in [3.05, 3.63) is 64.4 Å². The third-order valence-corrected chi connectivity index (χ3v) is 8.56. The Morgan fingerprint density at radius 1 is 1.30 bits per heavy atom. The van der Waals surface area contributed by atoms with Crippen LogP contribution < -0.4 is 5.32 Å². The lowest BCUT2D eigenvalue weighted by Crippen LogP contribution is -2.51. The lowest BCUT2D eigenvalue weighted by molar-refractivity contribution is -0.153. The number of piperidine rings is 1. The molecule has 13 heteroatoms. The summed E-state index contributed by atoms with van der Waals surface area (Å²) in [5.41, 5.74) is -0.569. The van der Waals surface area contributed by atoms with Gasteiger partial charge in [0, 0.05) is 30.8 Å². The van der Waals surface area contributed by atoms with E-state index in [1.165, 1.54) is 24.3 Å². The van der Waals surface area contributed by atoms with E-state index in [0.717, 1.165) is 11.8 Å². The zero-order valence-corrected chi connectivity index (χ0v) is 21.7. The first-order valence-corrected chi connectivity index (χ1v) is 13.5. The third kappa shape index (κ3) is 5.76. The molecule has 0 radical (unpaired) electrons. The molecule has 0 bridgehead atoms. The number of halogens is 3. The number of sulfone groups is 1. The highest BCUT2D eigenvalue weighted by molar-refractivity contribution is 7.91. The Hall–Kier alpha value is -3.09. The number of aliphatic carboxylic acids is 1. The first-order valence-electron chi connectivity index (χ1n) is 11.5. The number of likely N-dealkylation sites (tertiary alicyclic amines) is 1. The molecule has 2 aromatic heterocycles. The number of carbonyl (C=O) groups is 1. The van der Waals surface area contributed by atoms with Crippen molar-refractivity contribution in [2.24, 2.45) is 5.41 Å². The predicted octanol–water partition coefficient (Wildman–Crippen LogP) is 4.32. The van der Waals surface area contributed by atoms with Gasteiger partial charge in [-0.25, -0.2) is 22.2 Å². The minimum Gasteiger partial charge on any atom is -0.481 e. The molecule has 37 heavy (non-hydrogen) atoms. The van der Waals surface area contributed by atoms with E-state index in [1.807, 2.05) is 6.92 Å². The quantitative estimate of drug-likeness (QED) is 0.376. The van der Waals surface area contributed by atoms with Crippen molar-refractivity contribution in [2.45, 2.75) is 44.0 Å². The van der Waals surface area contributed by atoms with Crippen molar-refractivity contribution in [3.63, 3.8) is 0 Å². The SMILES string of the molecule is Cc1cc(Nc2ccc(F)c(C[C@@]3(C(=O)O)CCN(CS(=O)(=O)c4cccc(Cl)c4F)[C@H](C)C3)n2)n[nH]1. The summed E-state index contributed by atoms with van der Waals surface area (Å²) in [6.45, 7) is 3.62. The van der Waals surface area contributed by atoms with Gasteiger partial charge in [-0.3, -0.25) is 14.8 Å². The Labute approximate surface area is 217 Å². The summed E-state index contributed by atoms with van der Waals surface area (Å²) in [5.74, 6) is -2.49. The van der Waals surface area contributed by atoms with Crippen LogP contribution in [0.5, 0.6) is 0 Å². The molecule has 1 aromatic carbocycles. The summed E-state index contributed by atoms with van der Waals surface area (Å²) < 4.78 is 54.9. The van der Waals surface area contributed by atoms with Crippen molar-refractivity contribution >= 4 is 39.0 Å². The summed E-state index contributed by atoms with van der Waals surface area (Å²) in [6, 6.07) is 7.64. The zero-order valence-electron chi connectivity index (χ0n) is 20.1. The highest BCUT2D eigenvalue weighted by Crippen LogP contribution is 2.39. The smallest absolute Gasteiger partial charge is 0.310 e. The third-order valence-electron chi connectivity index (χ3n) is 6.61. The summed E-state index contributed by atoms with van der Waals surface area (Å²) >= 11 is 5.75. The molecule has 1 saturated heterocycles. The molecule has 3 heterocycles. The van der Waals surface area contributed by atoms with Gasteiger partial charge in [0.1, 0.15) is 22.4 Å². The second-order valence-corrected chi connectivity index (χ2v) is 11.7. The molecule has 1 aliphatic rings. The number of carboxylic acids is 1. The molecule has 0 aliphatic carbocycles. The number of anilines is 2. The van der Waals surface area contributed by atoms with Crippen LogP contribution in [0.1, 0.15) is 31.2 Å². The maximum atomic E-state index is 14.7. The van der Waals surface area contributed by atoms with E-state index in [1.54, 1.807) is 17.9 Å². The summed E-state index contributed by atoms with van der Waals surface area (Å²) in [6.07, 6.45) is -0.0814. The predicted molar refractivity (Wildman–Crippen MR) is 133 cm³/mol. The van der Waals surface area contributed by atoms with Gasteiger partial charge in [-0.2, -0.15) is 5.10 Å². The number of H-pyrrole nitrogens is 1. The molecule has 1 fully saturated rings. The Morgan fingerprint density at radius 2 is 2.05 bits per heavy atom. The number of hydrogen-bond donors (Lipinski definition) is 3. The average molecular weight is 554 g/mol. The van der Waals surface area contributed by atoms with Gasteiger partial charge in [-0.05, 0) is 51.0 Å². The number of benzene rings is 1. The van der Waals surface area contributed by atoms with Crippen molar-refractivity contribution in [1.82, 2.24) is 20.1 Å². The van der Waals surface area contributed by atoms with Crippen LogP contribution in [0.25, 0.3) is 0 Å². The average Bonchev–Trinajstić information content (AvgIpc) is 3.24. The van der Waals surface area contributed by atoms with Crippen LogP contribution in [-0.4, -0.2) is 58.0 Å². The van der Waals surface area contributed by atoms with Crippen LogP contribution >= 0.6 is 11.6 Å². The lowest BCUT2D eigenvalue weighted by atomic mass is 9.72. The number of aryl methyl sites for hydroxylation is 1. The molecule has 0 unspecified atom stereocenters. The zero-order chi connectivity index (χ0) is 27.0. The van der Waals surface area contributed by atoms with Crippen molar-refractivity contribution in [2.75, 3.05) is 17.7 Å². The Morgan fingerprint density at radius 3 is 2.70 bits per heavy atom. The molecule has 4 rings (SSSR count). The molecule has 198 valence electrons. The summed E-state index contributed by atoms with van der Waals surface area (Å²) in [7, 11) is -4.07. The Balaban J connectivity index is 1.52.